The number of amides is 2. The monoisotopic (exact) mass is 391 g/mol. The number of anilines is 1. The maximum absolute atomic E-state index is 12.7. The number of thiazole rings is 1. The molecule has 0 spiro atoms. The predicted molar refractivity (Wildman–Crippen MR) is 112 cm³/mol. The molecule has 2 amide bonds. The molecule has 1 aliphatic heterocycles. The van der Waals surface area contributed by atoms with E-state index in [4.69, 9.17) is 4.98 Å². The molecular formula is C22H21N3O2S. The number of aromatic nitrogens is 1. The predicted octanol–water partition coefficient (Wildman–Crippen LogP) is 4.28. The van der Waals surface area contributed by atoms with Gasteiger partial charge in [0.05, 0.1) is 10.6 Å². The standard InChI is InChI=1S/C22H21N3O2S/c1-25-13-12-17(14-18(25)26)21(27)24-22-23-19(15-8-4-2-5-9-15)20(28-22)16-10-6-3-7-11-16/h2-11,17H,12-14H2,1H3,(H,23,24,27)/t17-/m1/s1. The Bertz CT molecular complexity index is 929. The molecular weight excluding hydrogens is 370 g/mol. The lowest BCUT2D eigenvalue weighted by molar-refractivity contribution is -0.137. The molecule has 0 aliphatic carbocycles. The molecule has 28 heavy (non-hydrogen) atoms. The smallest absolute Gasteiger partial charge is 0.229 e. The first kappa shape index (κ1) is 18.4. The van der Waals surface area contributed by atoms with E-state index in [2.05, 4.69) is 5.32 Å². The van der Waals surface area contributed by atoms with Gasteiger partial charge in [-0.1, -0.05) is 72.0 Å². The molecule has 1 fully saturated rings. The second kappa shape index (κ2) is 7.94. The van der Waals surface area contributed by atoms with Gasteiger partial charge in [0.25, 0.3) is 0 Å². The Morgan fingerprint density at radius 1 is 1.07 bits per heavy atom. The van der Waals surface area contributed by atoms with E-state index in [1.807, 2.05) is 60.7 Å². The Morgan fingerprint density at radius 2 is 1.71 bits per heavy atom. The van der Waals surface area contributed by atoms with Gasteiger partial charge in [-0.15, -0.1) is 0 Å². The summed E-state index contributed by atoms with van der Waals surface area (Å²) in [5.74, 6) is -0.414. The van der Waals surface area contributed by atoms with Crippen LogP contribution in [-0.4, -0.2) is 35.3 Å². The zero-order valence-corrected chi connectivity index (χ0v) is 16.4. The Kier molecular flexibility index (Phi) is 5.21. The molecule has 2 heterocycles. The van der Waals surface area contributed by atoms with Gasteiger partial charge in [0, 0.05) is 31.5 Å². The van der Waals surface area contributed by atoms with Crippen LogP contribution in [-0.2, 0) is 9.59 Å². The van der Waals surface area contributed by atoms with Crippen molar-refractivity contribution in [2.24, 2.45) is 5.92 Å². The van der Waals surface area contributed by atoms with Crippen molar-refractivity contribution in [3.05, 3.63) is 60.7 Å². The number of carbonyl (C=O) groups is 2. The average Bonchev–Trinajstić information content (AvgIpc) is 3.15. The van der Waals surface area contributed by atoms with Crippen LogP contribution < -0.4 is 5.32 Å². The molecule has 0 radical (unpaired) electrons. The fraction of sp³-hybridized carbons (Fsp3) is 0.227. The van der Waals surface area contributed by atoms with E-state index >= 15 is 0 Å². The van der Waals surface area contributed by atoms with Crippen LogP contribution in [0.5, 0.6) is 0 Å². The van der Waals surface area contributed by atoms with Crippen molar-refractivity contribution in [2.45, 2.75) is 12.8 Å². The average molecular weight is 391 g/mol. The summed E-state index contributed by atoms with van der Waals surface area (Å²) < 4.78 is 0. The van der Waals surface area contributed by atoms with E-state index in [1.54, 1.807) is 11.9 Å². The van der Waals surface area contributed by atoms with Crippen molar-refractivity contribution in [1.29, 1.82) is 0 Å². The van der Waals surface area contributed by atoms with Gasteiger partial charge < -0.3 is 10.2 Å². The van der Waals surface area contributed by atoms with Gasteiger partial charge in [0.1, 0.15) is 0 Å². The highest BCUT2D eigenvalue weighted by molar-refractivity contribution is 7.19. The third-order valence-corrected chi connectivity index (χ3v) is 5.99. The van der Waals surface area contributed by atoms with Gasteiger partial charge in [0.2, 0.25) is 11.8 Å². The Balaban J connectivity index is 1.62. The fourth-order valence-electron chi connectivity index (χ4n) is 3.32. The molecule has 3 aromatic rings. The minimum absolute atomic E-state index is 0.0143. The van der Waals surface area contributed by atoms with E-state index < -0.39 is 0 Å². The highest BCUT2D eigenvalue weighted by Gasteiger charge is 2.29. The Morgan fingerprint density at radius 3 is 2.36 bits per heavy atom. The molecule has 0 saturated carbocycles. The molecule has 1 aromatic heterocycles. The van der Waals surface area contributed by atoms with Crippen LogP contribution >= 0.6 is 11.3 Å². The lowest BCUT2D eigenvalue weighted by Crippen LogP contribution is -2.39. The third kappa shape index (κ3) is 3.82. The SMILES string of the molecule is CN1CC[C@@H](C(=O)Nc2nc(-c3ccccc3)c(-c3ccccc3)s2)CC1=O. The van der Waals surface area contributed by atoms with Crippen molar-refractivity contribution in [3.63, 3.8) is 0 Å². The van der Waals surface area contributed by atoms with Gasteiger partial charge in [-0.2, -0.15) is 0 Å². The van der Waals surface area contributed by atoms with Crippen molar-refractivity contribution in [3.8, 4) is 21.7 Å². The minimum atomic E-state index is -0.298. The molecule has 2 aromatic carbocycles. The van der Waals surface area contributed by atoms with E-state index in [0.717, 1.165) is 21.7 Å². The minimum Gasteiger partial charge on any atom is -0.346 e. The van der Waals surface area contributed by atoms with Crippen LogP contribution in [0.3, 0.4) is 0 Å². The summed E-state index contributed by atoms with van der Waals surface area (Å²) >= 11 is 1.46. The molecule has 1 atom stereocenters. The molecule has 1 saturated heterocycles. The van der Waals surface area contributed by atoms with E-state index in [0.29, 0.717) is 18.1 Å². The summed E-state index contributed by atoms with van der Waals surface area (Å²) in [6.07, 6.45) is 0.932. The number of carbonyl (C=O) groups excluding carboxylic acids is 2. The van der Waals surface area contributed by atoms with E-state index in [1.165, 1.54) is 11.3 Å². The lowest BCUT2D eigenvalue weighted by atomic mass is 9.96. The second-order valence-electron chi connectivity index (χ2n) is 6.92. The number of hydrogen-bond acceptors (Lipinski definition) is 4. The van der Waals surface area contributed by atoms with E-state index in [-0.39, 0.29) is 24.2 Å². The molecule has 4 rings (SSSR count). The molecule has 0 unspecified atom stereocenters. The topological polar surface area (TPSA) is 62.3 Å². The van der Waals surface area contributed by atoms with Gasteiger partial charge in [0.15, 0.2) is 5.13 Å². The molecule has 5 nitrogen and oxygen atoms in total. The van der Waals surface area contributed by atoms with Crippen LogP contribution in [0.25, 0.3) is 21.7 Å². The summed E-state index contributed by atoms with van der Waals surface area (Å²) in [5, 5.41) is 3.51. The number of benzene rings is 2. The lowest BCUT2D eigenvalue weighted by Gasteiger charge is -2.27. The maximum Gasteiger partial charge on any atom is 0.229 e. The van der Waals surface area contributed by atoms with Crippen LogP contribution in [0.15, 0.2) is 60.7 Å². The van der Waals surface area contributed by atoms with Crippen molar-refractivity contribution in [1.82, 2.24) is 9.88 Å². The van der Waals surface area contributed by atoms with Crippen molar-refractivity contribution < 1.29 is 9.59 Å². The number of likely N-dealkylation sites (tertiary alicyclic amines) is 1. The summed E-state index contributed by atoms with van der Waals surface area (Å²) in [6, 6.07) is 20.0. The normalized spacial score (nSPS) is 16.8. The Hall–Kier alpha value is -2.99. The van der Waals surface area contributed by atoms with Crippen LogP contribution in [0.2, 0.25) is 0 Å². The summed E-state index contributed by atoms with van der Waals surface area (Å²) in [5.41, 5.74) is 2.92. The number of nitrogens with zero attached hydrogens (tertiary/aromatic N) is 2. The van der Waals surface area contributed by atoms with Crippen LogP contribution in [0.4, 0.5) is 5.13 Å². The molecule has 0 bridgehead atoms. The maximum atomic E-state index is 12.7. The Labute approximate surface area is 168 Å². The first-order valence-electron chi connectivity index (χ1n) is 9.28. The molecule has 1 N–H and O–H groups in total. The summed E-state index contributed by atoms with van der Waals surface area (Å²) in [6.45, 7) is 0.610. The molecule has 1 aliphatic rings. The second-order valence-corrected chi connectivity index (χ2v) is 7.92. The number of rotatable bonds is 4. The first-order valence-corrected chi connectivity index (χ1v) is 10.1. The highest BCUT2D eigenvalue weighted by Crippen LogP contribution is 2.39. The van der Waals surface area contributed by atoms with Gasteiger partial charge >= 0.3 is 0 Å². The number of nitrogens with one attached hydrogen (secondary N) is 1. The zero-order chi connectivity index (χ0) is 19.5. The van der Waals surface area contributed by atoms with Gasteiger partial charge in [-0.25, -0.2) is 4.98 Å². The fourth-order valence-corrected chi connectivity index (χ4v) is 4.32. The van der Waals surface area contributed by atoms with Crippen molar-refractivity contribution in [2.75, 3.05) is 18.9 Å². The first-order chi connectivity index (χ1) is 13.6. The quantitative estimate of drug-likeness (QED) is 0.722. The van der Waals surface area contributed by atoms with Gasteiger partial charge in [-0.3, -0.25) is 9.59 Å². The number of hydrogen-bond donors (Lipinski definition) is 1. The third-order valence-electron chi connectivity index (χ3n) is 4.97. The summed E-state index contributed by atoms with van der Waals surface area (Å²) in [7, 11) is 1.77. The highest BCUT2D eigenvalue weighted by atomic mass is 32.1. The zero-order valence-electron chi connectivity index (χ0n) is 15.6. The summed E-state index contributed by atoms with van der Waals surface area (Å²) in [4.78, 5) is 32.0. The molecule has 6 heteroatoms. The van der Waals surface area contributed by atoms with Crippen LogP contribution in [0.1, 0.15) is 12.8 Å². The van der Waals surface area contributed by atoms with E-state index in [9.17, 15) is 9.59 Å². The largest absolute Gasteiger partial charge is 0.346 e. The van der Waals surface area contributed by atoms with Crippen LogP contribution in [0, 0.1) is 5.92 Å². The van der Waals surface area contributed by atoms with Crippen molar-refractivity contribution >= 4 is 28.3 Å². The number of piperidine rings is 1. The molecule has 142 valence electrons. The van der Waals surface area contributed by atoms with Gasteiger partial charge in [-0.05, 0) is 12.0 Å².